The van der Waals surface area contributed by atoms with E-state index in [-0.39, 0.29) is 12.0 Å². The van der Waals surface area contributed by atoms with Crippen LogP contribution in [0.25, 0.3) is 11.0 Å². The van der Waals surface area contributed by atoms with E-state index < -0.39 is 0 Å². The van der Waals surface area contributed by atoms with E-state index in [4.69, 9.17) is 9.25 Å². The zero-order valence-electron chi connectivity index (χ0n) is 13.3. The van der Waals surface area contributed by atoms with Crippen LogP contribution >= 0.6 is 0 Å². The number of carbonyl (C=O) groups excluding carboxylic acids is 1. The molecule has 0 unspecified atom stereocenters. The molecule has 5 nitrogen and oxygen atoms in total. The smallest absolute Gasteiger partial charge is 0.287 e. The number of hydrogen-bond acceptors (Lipinski definition) is 4. The number of nitrogens with zero attached hydrogens (tertiary/aromatic N) is 1. The van der Waals surface area contributed by atoms with Gasteiger partial charge in [-0.05, 0) is 38.8 Å². The van der Waals surface area contributed by atoms with E-state index in [1.165, 1.54) is 0 Å². The fourth-order valence-corrected chi connectivity index (χ4v) is 2.86. The van der Waals surface area contributed by atoms with Crippen LogP contribution in [0, 0.1) is 20.8 Å². The molecule has 1 aromatic heterocycles. The molecule has 2 aromatic rings. The lowest BCUT2D eigenvalue weighted by Gasteiger charge is -2.08. The first-order valence-corrected chi connectivity index (χ1v) is 7.44. The molecule has 1 atom stereocenters. The van der Waals surface area contributed by atoms with Crippen molar-refractivity contribution in [3.05, 3.63) is 34.6 Å². The first kappa shape index (κ1) is 14.6. The normalized spacial score (nSPS) is 17.5. The fourth-order valence-electron chi connectivity index (χ4n) is 2.86. The van der Waals surface area contributed by atoms with E-state index >= 15 is 0 Å². The Balaban J connectivity index is 1.81. The Bertz CT molecular complexity index is 774. The maximum absolute atomic E-state index is 12.4. The Hall–Kier alpha value is -2.30. The number of amides is 1. The number of nitrogens with one attached hydrogen (secondary N) is 1. The molecule has 22 heavy (non-hydrogen) atoms. The summed E-state index contributed by atoms with van der Waals surface area (Å²) in [5.74, 6) is 0.170. The molecule has 0 saturated heterocycles. The Morgan fingerprint density at radius 3 is 2.64 bits per heavy atom. The maximum atomic E-state index is 12.4. The molecule has 1 N–H and O–H groups in total. The van der Waals surface area contributed by atoms with Gasteiger partial charge in [0.2, 0.25) is 0 Å². The predicted octanol–water partition coefficient (Wildman–Crippen LogP) is 3.25. The Labute approximate surface area is 129 Å². The fraction of sp³-hybridized carbons (Fsp3) is 0.412. The molecule has 5 heteroatoms. The van der Waals surface area contributed by atoms with Gasteiger partial charge in [-0.1, -0.05) is 17.3 Å². The van der Waals surface area contributed by atoms with Gasteiger partial charge in [0, 0.05) is 17.4 Å². The maximum Gasteiger partial charge on any atom is 0.287 e. The summed E-state index contributed by atoms with van der Waals surface area (Å²) in [6.45, 7) is 8.27. The number of rotatable bonds is 3. The summed E-state index contributed by atoms with van der Waals surface area (Å²) in [5, 5.41) is 7.79. The minimum atomic E-state index is -0.208. The first-order valence-electron chi connectivity index (χ1n) is 7.44. The van der Waals surface area contributed by atoms with Gasteiger partial charge in [-0.25, -0.2) is 0 Å². The van der Waals surface area contributed by atoms with Crippen molar-refractivity contribution in [1.29, 1.82) is 0 Å². The molecular formula is C17H20N2O3. The van der Waals surface area contributed by atoms with E-state index in [9.17, 15) is 4.79 Å². The molecule has 1 aromatic carbocycles. The zero-order chi connectivity index (χ0) is 15.9. The molecule has 1 amide bonds. The molecule has 1 aliphatic heterocycles. The second kappa shape index (κ2) is 5.48. The topological polar surface area (TPSA) is 63.8 Å². The van der Waals surface area contributed by atoms with Crippen molar-refractivity contribution in [3.63, 3.8) is 0 Å². The van der Waals surface area contributed by atoms with Crippen LogP contribution in [-0.4, -0.2) is 24.3 Å². The predicted molar refractivity (Wildman–Crippen MR) is 85.4 cm³/mol. The monoisotopic (exact) mass is 300 g/mol. The molecule has 0 fully saturated rings. The van der Waals surface area contributed by atoms with Gasteiger partial charge in [0.1, 0.15) is 11.7 Å². The van der Waals surface area contributed by atoms with Crippen LogP contribution in [0.4, 0.5) is 0 Å². The van der Waals surface area contributed by atoms with E-state index in [0.717, 1.165) is 39.8 Å². The summed E-state index contributed by atoms with van der Waals surface area (Å²) in [6.07, 6.45) is 0.662. The average Bonchev–Trinajstić information content (AvgIpc) is 3.05. The minimum Gasteiger partial charge on any atom is -0.450 e. The third kappa shape index (κ3) is 2.47. The van der Waals surface area contributed by atoms with Crippen molar-refractivity contribution in [1.82, 2.24) is 5.32 Å². The Morgan fingerprint density at radius 2 is 2.00 bits per heavy atom. The molecular weight excluding hydrogens is 280 g/mol. The lowest BCUT2D eigenvalue weighted by Crippen LogP contribution is -2.32. The number of benzene rings is 1. The molecule has 0 bridgehead atoms. The quantitative estimate of drug-likeness (QED) is 0.946. The van der Waals surface area contributed by atoms with E-state index in [2.05, 4.69) is 10.5 Å². The highest BCUT2D eigenvalue weighted by molar-refractivity contribution is 6.00. The molecule has 0 saturated carbocycles. The molecule has 116 valence electrons. The molecule has 0 radical (unpaired) electrons. The van der Waals surface area contributed by atoms with Gasteiger partial charge >= 0.3 is 0 Å². The Morgan fingerprint density at radius 1 is 1.27 bits per heavy atom. The van der Waals surface area contributed by atoms with Crippen molar-refractivity contribution in [2.45, 2.75) is 40.2 Å². The van der Waals surface area contributed by atoms with Gasteiger partial charge in [-0.15, -0.1) is 0 Å². The van der Waals surface area contributed by atoms with Crippen molar-refractivity contribution < 1.29 is 14.0 Å². The van der Waals surface area contributed by atoms with Gasteiger partial charge in [-0.3, -0.25) is 4.79 Å². The summed E-state index contributed by atoms with van der Waals surface area (Å²) in [7, 11) is 0. The van der Waals surface area contributed by atoms with Crippen LogP contribution in [0.15, 0.2) is 21.7 Å². The summed E-state index contributed by atoms with van der Waals surface area (Å²) in [4.78, 5) is 17.6. The van der Waals surface area contributed by atoms with Crippen LogP contribution in [-0.2, 0) is 4.84 Å². The molecule has 0 spiro atoms. The van der Waals surface area contributed by atoms with Crippen LogP contribution < -0.4 is 5.32 Å². The highest BCUT2D eigenvalue weighted by Gasteiger charge is 2.23. The SMILES string of the molecule is CC1=NO[C@@H](CNC(=O)c2oc3c(C)ccc(C)c3c2C)C1. The molecule has 0 aliphatic carbocycles. The van der Waals surface area contributed by atoms with Crippen molar-refractivity contribution >= 4 is 22.6 Å². The van der Waals surface area contributed by atoms with Gasteiger partial charge in [0.25, 0.3) is 5.91 Å². The second-order valence-electron chi connectivity index (χ2n) is 5.93. The van der Waals surface area contributed by atoms with Crippen molar-refractivity contribution in [2.75, 3.05) is 6.54 Å². The summed E-state index contributed by atoms with van der Waals surface area (Å²) >= 11 is 0. The number of aryl methyl sites for hydroxylation is 3. The number of furan rings is 1. The van der Waals surface area contributed by atoms with E-state index in [1.807, 2.05) is 39.8 Å². The lowest BCUT2D eigenvalue weighted by atomic mass is 10.0. The van der Waals surface area contributed by atoms with Crippen molar-refractivity contribution in [3.8, 4) is 0 Å². The number of oxime groups is 1. The van der Waals surface area contributed by atoms with Gasteiger partial charge in [0.05, 0.1) is 12.3 Å². The molecule has 3 rings (SSSR count). The van der Waals surface area contributed by atoms with Crippen molar-refractivity contribution in [2.24, 2.45) is 5.16 Å². The highest BCUT2D eigenvalue weighted by Crippen LogP contribution is 2.30. The van der Waals surface area contributed by atoms with Crippen LogP contribution in [0.5, 0.6) is 0 Å². The van der Waals surface area contributed by atoms with Crippen LogP contribution in [0.3, 0.4) is 0 Å². The summed E-state index contributed by atoms with van der Waals surface area (Å²) < 4.78 is 5.83. The third-order valence-electron chi connectivity index (χ3n) is 4.06. The number of fused-ring (bicyclic) bond motifs is 1. The zero-order valence-corrected chi connectivity index (χ0v) is 13.3. The molecule has 1 aliphatic rings. The summed E-state index contributed by atoms with van der Waals surface area (Å²) in [5.41, 5.74) is 4.77. The minimum absolute atomic E-state index is 0.0860. The van der Waals surface area contributed by atoms with Gasteiger partial charge in [-0.2, -0.15) is 0 Å². The number of carbonyl (C=O) groups is 1. The first-order chi connectivity index (χ1) is 10.5. The second-order valence-corrected chi connectivity index (χ2v) is 5.93. The van der Waals surface area contributed by atoms with E-state index in [0.29, 0.717) is 12.3 Å². The van der Waals surface area contributed by atoms with Crippen LogP contribution in [0.1, 0.15) is 40.6 Å². The van der Waals surface area contributed by atoms with Gasteiger partial charge < -0.3 is 14.6 Å². The van der Waals surface area contributed by atoms with Crippen LogP contribution in [0.2, 0.25) is 0 Å². The highest BCUT2D eigenvalue weighted by atomic mass is 16.6. The number of hydrogen-bond donors (Lipinski definition) is 1. The largest absolute Gasteiger partial charge is 0.450 e. The average molecular weight is 300 g/mol. The summed E-state index contributed by atoms with van der Waals surface area (Å²) in [6, 6.07) is 4.06. The standard InChI is InChI=1S/C17H20N2O3/c1-9-5-6-10(2)15-14(9)12(4)16(21-15)17(20)18-8-13-7-11(3)19-22-13/h5-6,13H,7-8H2,1-4H3,(H,18,20)/t13-/m1/s1. The Kier molecular flexibility index (Phi) is 3.64. The third-order valence-corrected chi connectivity index (χ3v) is 4.06. The lowest BCUT2D eigenvalue weighted by molar-refractivity contribution is 0.0740. The van der Waals surface area contributed by atoms with Gasteiger partial charge in [0.15, 0.2) is 5.76 Å². The molecule has 2 heterocycles. The van der Waals surface area contributed by atoms with E-state index in [1.54, 1.807) is 0 Å².